The van der Waals surface area contributed by atoms with Gasteiger partial charge in [-0.1, -0.05) is 65.1 Å². The van der Waals surface area contributed by atoms with Gasteiger partial charge in [-0.3, -0.25) is 35.1 Å². The van der Waals surface area contributed by atoms with Gasteiger partial charge in [0.15, 0.2) is 5.82 Å². The first kappa shape index (κ1) is 104. The Morgan fingerprint density at radius 2 is 0.820 bits per heavy atom. The number of rotatable bonds is 26. The Morgan fingerprint density at radius 1 is 0.492 bits per heavy atom. The minimum atomic E-state index is -1.07. The first-order chi connectivity index (χ1) is 56.5. The summed E-state index contributed by atoms with van der Waals surface area (Å²) in [5.74, 6) is 1.55. The van der Waals surface area contributed by atoms with Crippen molar-refractivity contribution in [3.8, 4) is 17.2 Å². The number of amides is 3. The number of pyridine rings is 2. The second-order valence-electron chi connectivity index (χ2n) is 30.3. The Balaban J connectivity index is 0.000000533. The highest BCUT2D eigenvalue weighted by atomic mass is 16.7. The number of para-hydroxylation sites is 2. The van der Waals surface area contributed by atoms with Gasteiger partial charge in [0.1, 0.15) is 83.2 Å². The quantitative estimate of drug-likeness (QED) is 0.0129. The molecule has 0 radical (unpaired) electrons. The first-order valence-electron chi connectivity index (χ1n) is 38.5. The summed E-state index contributed by atoms with van der Waals surface area (Å²) in [6.07, 6.45) is -3.55. The van der Waals surface area contributed by atoms with Crippen LogP contribution in [0.15, 0.2) is 121 Å². The molecule has 0 bridgehead atoms. The summed E-state index contributed by atoms with van der Waals surface area (Å²) in [5, 5.41) is 62.8. The number of nitrogens with two attached hydrogens (primary N) is 1. The highest BCUT2D eigenvalue weighted by molar-refractivity contribution is 6.07. The largest absolute Gasteiger partial charge is 0.519 e. The van der Waals surface area contributed by atoms with Gasteiger partial charge in [-0.25, -0.2) is 43.9 Å². The van der Waals surface area contributed by atoms with Crippen molar-refractivity contribution in [1.82, 2.24) is 43.8 Å². The lowest BCUT2D eigenvalue weighted by atomic mass is 10.1. The molecule has 0 spiro atoms. The monoisotopic (exact) mass is 1710 g/mol. The van der Waals surface area contributed by atoms with Gasteiger partial charge in [0, 0.05) is 89.4 Å². The maximum absolute atomic E-state index is 12.8. The Hall–Kier alpha value is -12.5. The summed E-state index contributed by atoms with van der Waals surface area (Å²) in [4.78, 5) is 123. The fourth-order valence-corrected chi connectivity index (χ4v) is 10.1. The minimum Gasteiger partial charge on any atom is -0.463 e. The fraction of sp³-hybridized carbons (Fsp3) is 0.476. The number of hydrogen-bond donors (Lipinski definition) is 4. The summed E-state index contributed by atoms with van der Waals surface area (Å²) in [6.45, 7) is 32.1. The highest BCUT2D eigenvalue weighted by Crippen LogP contribution is 2.33. The Labute approximate surface area is 710 Å². The molecular weight excluding hydrogens is 1590 g/mol. The molecule has 0 atom stereocenters. The number of ether oxygens (including phenoxy) is 10. The van der Waals surface area contributed by atoms with E-state index >= 15 is 0 Å². The Kier molecular flexibility index (Phi) is 41.3. The zero-order chi connectivity index (χ0) is 90.9. The van der Waals surface area contributed by atoms with Gasteiger partial charge < -0.3 is 92.3 Å². The molecule has 670 valence electrons. The number of nitro benzene ring substituents is 3. The normalized spacial score (nSPS) is 11.1. The second-order valence-corrected chi connectivity index (χ2v) is 30.3. The number of non-ortho nitro benzene ring substituents is 3. The van der Waals surface area contributed by atoms with Gasteiger partial charge in [-0.2, -0.15) is 0 Å². The summed E-state index contributed by atoms with van der Waals surface area (Å²) in [7, 11) is 4.69. The number of nitrogens with zero attached hydrogens (tertiary/aromatic N) is 12. The van der Waals surface area contributed by atoms with E-state index in [1.54, 1.807) is 111 Å². The van der Waals surface area contributed by atoms with Crippen molar-refractivity contribution in [3.05, 3.63) is 169 Å². The molecule has 5 N–H and O–H groups in total. The van der Waals surface area contributed by atoms with Gasteiger partial charge in [0.2, 0.25) is 0 Å². The molecule has 9 rings (SSSR count). The van der Waals surface area contributed by atoms with Crippen molar-refractivity contribution in [3.63, 3.8) is 0 Å². The molecule has 9 aromatic rings. The molecule has 0 aliphatic heterocycles. The van der Waals surface area contributed by atoms with E-state index in [0.29, 0.717) is 80.2 Å². The molecule has 0 aliphatic carbocycles. The van der Waals surface area contributed by atoms with Crippen LogP contribution < -0.4 is 19.9 Å². The number of carbonyl (C=O) groups is 6. The van der Waals surface area contributed by atoms with Gasteiger partial charge in [-0.05, 0) is 152 Å². The van der Waals surface area contributed by atoms with E-state index in [1.165, 1.54) is 94.5 Å². The number of likely N-dealkylation sites (N-methyl/N-ethyl adjacent to an activating group) is 3. The lowest BCUT2D eigenvalue weighted by molar-refractivity contribution is -0.385. The maximum atomic E-state index is 12.8. The summed E-state index contributed by atoms with van der Waals surface area (Å²) >= 11 is 0. The van der Waals surface area contributed by atoms with Crippen molar-refractivity contribution in [2.45, 2.75) is 193 Å². The third kappa shape index (κ3) is 36.2. The van der Waals surface area contributed by atoms with Crippen LogP contribution in [0.3, 0.4) is 0 Å². The van der Waals surface area contributed by atoms with Gasteiger partial charge >= 0.3 is 36.6 Å². The van der Waals surface area contributed by atoms with Crippen LogP contribution in [0, 0.1) is 30.3 Å². The highest BCUT2D eigenvalue weighted by Gasteiger charge is 2.28. The van der Waals surface area contributed by atoms with Gasteiger partial charge in [0.25, 0.3) is 17.1 Å². The van der Waals surface area contributed by atoms with Crippen LogP contribution >= 0.6 is 0 Å². The third-order valence-corrected chi connectivity index (χ3v) is 15.3. The number of aliphatic hydroxyl groups is 3. The zero-order valence-corrected chi connectivity index (χ0v) is 71.2. The molecule has 0 saturated heterocycles. The van der Waals surface area contributed by atoms with Crippen LogP contribution in [0.1, 0.15) is 151 Å². The van der Waals surface area contributed by atoms with E-state index in [9.17, 15) is 69.3 Å². The minimum absolute atomic E-state index is 0. The average molecular weight is 1710 g/mol. The molecular formula is C84H119N13O25. The molecule has 38 nitrogen and oxygen atoms in total. The number of imidazole rings is 2. The molecule has 3 amide bonds. The molecule has 0 fully saturated rings. The lowest BCUT2D eigenvalue weighted by Gasteiger charge is -2.24. The van der Waals surface area contributed by atoms with E-state index in [2.05, 4.69) is 9.97 Å². The first-order valence-corrected chi connectivity index (χ1v) is 37.8. The topological polar surface area (TPSA) is 482 Å². The number of esters is 1. The van der Waals surface area contributed by atoms with Crippen molar-refractivity contribution in [2.75, 3.05) is 79.5 Å². The van der Waals surface area contributed by atoms with E-state index in [4.69, 9.17) is 69.5 Å². The predicted molar refractivity (Wildman–Crippen MR) is 459 cm³/mol. The summed E-state index contributed by atoms with van der Waals surface area (Å²) < 4.78 is 61.5. The molecule has 4 heterocycles. The number of hydrogen-bond acceptors (Lipinski definition) is 30. The number of fused-ring (bicyclic) bond motifs is 6. The number of aromatic nitrogens is 6. The fourth-order valence-electron chi connectivity index (χ4n) is 10.1. The van der Waals surface area contributed by atoms with E-state index in [-0.39, 0.29) is 95.1 Å². The van der Waals surface area contributed by atoms with Crippen LogP contribution in [0.25, 0.3) is 43.9 Å². The van der Waals surface area contributed by atoms with E-state index in [1.807, 2.05) is 71.5 Å². The van der Waals surface area contributed by atoms with Crippen molar-refractivity contribution in [1.29, 1.82) is 0 Å². The van der Waals surface area contributed by atoms with Crippen LogP contribution in [0.5, 0.6) is 17.2 Å². The van der Waals surface area contributed by atoms with Crippen LogP contribution in [0.4, 0.5) is 46.9 Å². The third-order valence-electron chi connectivity index (χ3n) is 15.3. The Morgan fingerprint density at radius 3 is 1.16 bits per heavy atom. The molecule has 0 aliphatic rings. The number of benzene rings is 5. The molecule has 122 heavy (non-hydrogen) atoms. The van der Waals surface area contributed by atoms with Crippen molar-refractivity contribution >= 4 is 103 Å². The Bertz CT molecular complexity index is 4860. The lowest BCUT2D eigenvalue weighted by Crippen LogP contribution is -2.36. The van der Waals surface area contributed by atoms with E-state index < -0.39 is 79.3 Å². The molecule has 38 heteroatoms. The van der Waals surface area contributed by atoms with Crippen molar-refractivity contribution in [2.24, 2.45) is 0 Å². The molecule has 0 unspecified atom stereocenters. The second kappa shape index (κ2) is 48.7. The van der Waals surface area contributed by atoms with Gasteiger partial charge in [0.05, 0.1) is 92.9 Å². The van der Waals surface area contributed by atoms with Crippen LogP contribution in [-0.4, -0.2) is 212 Å². The van der Waals surface area contributed by atoms with Gasteiger partial charge in [-0.15, -0.1) is 0 Å². The molecule has 5 aromatic carbocycles. The standard InChI is InChI=1S/C27H38N4O6.C17H22N4O2.C15H20N2O7.C13H8N2O7.C8H17NO3.C2H6.2CH4/c1-8-35-16-21-29-23-20(15-22(32)36-14-13-30(7)25(33)37-26(2,3)4)28-19-12-10-9-11-18(19)24(23)31(21)17-27(5,6)34;1-4-23-9-13-20-14-15(21(13)10-17(2,3)22)11-7-5-6-8-12(11)19-16(14)18;1-15(2,3)24-13(18)16(4)9-10-22-14(19)23-12-7-5-11(6-8-12)17(20)21;16-13(21-11-5-1-9(2-6-11)14(17)18)22-12-7-3-10(4-8-12)15(19)20;1-8(2,3)12-7(11)9(4)5-6-10;1-2;;/h9-12,34H,8,13-17H2,1-7H3;5-8,22H,4,9-10H2,1-3H3,(H2,18,19);5-8H,9-10H2,1-4H3;1-8H;10H,5-6H2,1-4H3;1-2H3;2*1H4/i;;;;;1D;;. The van der Waals surface area contributed by atoms with Crippen molar-refractivity contribution < 1.29 is 108 Å². The zero-order valence-electron chi connectivity index (χ0n) is 72.2. The molecule has 4 aromatic heterocycles. The van der Waals surface area contributed by atoms with Crippen LogP contribution in [-0.2, 0) is 70.7 Å². The number of aliphatic hydroxyl groups excluding tert-OH is 1. The smallest absolute Gasteiger partial charge is 0.463 e. The summed E-state index contributed by atoms with van der Waals surface area (Å²) in [5.41, 5.74) is 7.05. The number of carbonyl (C=O) groups excluding carboxylic acids is 6. The number of anilines is 1. The maximum Gasteiger partial charge on any atom is 0.519 e. The molecule has 0 saturated carbocycles. The number of nitrogen functional groups attached to an aromatic ring is 1. The number of nitro groups is 3. The van der Waals surface area contributed by atoms with Crippen LogP contribution in [0.2, 0.25) is 0 Å². The van der Waals surface area contributed by atoms with E-state index in [0.717, 1.165) is 33.1 Å². The SMILES string of the molecule is C.C.CCOCc1nc2c(CC(=O)OCCN(C)C(=O)OC(C)(C)C)nc3ccccc3c2n1CC(C)(C)O.CCOCc1nc2c(N)nc3ccccc3c2n1CC(C)(C)O.CN(CCO)C(=O)OC(C)(C)C.CN(CCOC(=O)Oc1ccc([N+](=O)[O-])cc1)C(=O)OC(C)(C)C.O=C(Oc1ccc([N+](=O)[O-])cc1)Oc1ccc([N+](=O)[O-])cc1.[2H]CC. The average Bonchev–Trinajstić information content (AvgIpc) is 1.59. The predicted octanol–water partition coefficient (Wildman–Crippen LogP) is 15.5. The summed E-state index contributed by atoms with van der Waals surface area (Å²) in [6, 6.07) is 30.1.